The molecule has 2 rings (SSSR count). The van der Waals surface area contributed by atoms with Crippen LogP contribution in [0, 0.1) is 6.92 Å². The fourth-order valence-electron chi connectivity index (χ4n) is 1.82. The van der Waals surface area contributed by atoms with Crippen molar-refractivity contribution in [3.05, 3.63) is 23.7 Å². The molecule has 0 saturated heterocycles. The maximum atomic E-state index is 4.50. The lowest BCUT2D eigenvalue weighted by atomic mass is 10.2. The zero-order chi connectivity index (χ0) is 13.3. The van der Waals surface area contributed by atoms with Gasteiger partial charge in [-0.3, -0.25) is 4.68 Å². The molecule has 1 atom stereocenters. The second-order valence-electron chi connectivity index (χ2n) is 4.73. The van der Waals surface area contributed by atoms with Crippen LogP contribution in [0.5, 0.6) is 0 Å². The van der Waals surface area contributed by atoms with E-state index in [2.05, 4.69) is 41.5 Å². The van der Waals surface area contributed by atoms with Crippen LogP contribution >= 0.6 is 0 Å². The summed E-state index contributed by atoms with van der Waals surface area (Å²) in [5, 5.41) is 16.1. The minimum Gasteiger partial charge on any atom is -0.312 e. The summed E-state index contributed by atoms with van der Waals surface area (Å²) in [6.07, 6.45) is 1.96. The van der Waals surface area contributed by atoms with Crippen LogP contribution in [-0.2, 0) is 0 Å². The van der Waals surface area contributed by atoms with E-state index in [9.17, 15) is 0 Å². The summed E-state index contributed by atoms with van der Waals surface area (Å²) >= 11 is 0. The molecule has 98 valence electrons. The minimum absolute atomic E-state index is 0.186. The van der Waals surface area contributed by atoms with Crippen LogP contribution in [0.15, 0.2) is 12.3 Å². The van der Waals surface area contributed by atoms with E-state index < -0.39 is 0 Å². The summed E-state index contributed by atoms with van der Waals surface area (Å²) in [7, 11) is 1.91. The fourth-order valence-corrected chi connectivity index (χ4v) is 1.82. The van der Waals surface area contributed by atoms with Gasteiger partial charge in [0.05, 0.1) is 11.7 Å². The van der Waals surface area contributed by atoms with E-state index in [1.165, 1.54) is 0 Å². The molecule has 0 radical (unpaired) electrons. The molecule has 0 fully saturated rings. The highest BCUT2D eigenvalue weighted by atomic mass is 15.5. The summed E-state index contributed by atoms with van der Waals surface area (Å²) in [6.45, 7) is 8.27. The molecule has 0 aliphatic heterocycles. The third-order valence-corrected chi connectivity index (χ3v) is 3.11. The molecule has 0 bridgehead atoms. The summed E-state index contributed by atoms with van der Waals surface area (Å²) < 4.78 is 3.69. The number of aromatic nitrogens is 5. The molecule has 0 aromatic carbocycles. The van der Waals surface area contributed by atoms with Crippen molar-refractivity contribution in [2.45, 2.75) is 39.8 Å². The first-order chi connectivity index (χ1) is 8.54. The van der Waals surface area contributed by atoms with Gasteiger partial charge in [0.15, 0.2) is 5.82 Å². The van der Waals surface area contributed by atoms with Crippen molar-refractivity contribution < 1.29 is 0 Å². The van der Waals surface area contributed by atoms with Crippen molar-refractivity contribution >= 4 is 0 Å². The van der Waals surface area contributed by atoms with Gasteiger partial charge in [-0.1, -0.05) is 5.21 Å². The van der Waals surface area contributed by atoms with Crippen LogP contribution in [0.4, 0.5) is 0 Å². The van der Waals surface area contributed by atoms with Crippen molar-refractivity contribution in [1.82, 2.24) is 30.1 Å². The lowest BCUT2D eigenvalue weighted by Gasteiger charge is -2.07. The summed E-state index contributed by atoms with van der Waals surface area (Å²) in [5.41, 5.74) is 1.97. The molecular formula is C12H20N6. The van der Waals surface area contributed by atoms with Gasteiger partial charge < -0.3 is 5.32 Å². The minimum atomic E-state index is 0.186. The van der Waals surface area contributed by atoms with Gasteiger partial charge in [0.25, 0.3) is 0 Å². The molecule has 2 aromatic heterocycles. The van der Waals surface area contributed by atoms with Gasteiger partial charge in [-0.05, 0) is 34.7 Å². The molecule has 0 spiro atoms. The first kappa shape index (κ1) is 12.8. The van der Waals surface area contributed by atoms with E-state index in [0.29, 0.717) is 6.04 Å². The molecule has 2 aromatic rings. The Kier molecular flexibility index (Phi) is 3.47. The highest BCUT2D eigenvalue weighted by molar-refractivity contribution is 5.25. The predicted octanol–water partition coefficient (Wildman–Crippen LogP) is 1.63. The van der Waals surface area contributed by atoms with Crippen LogP contribution in [-0.4, -0.2) is 31.8 Å². The quantitative estimate of drug-likeness (QED) is 0.893. The standard InChI is InChI=1S/C12H20N6/c1-8(2)17-7-6-11(15-17)18-10(4)12(14-16-18)9(3)13-5/h6-9,13H,1-5H3. The van der Waals surface area contributed by atoms with E-state index in [-0.39, 0.29) is 6.04 Å². The summed E-state index contributed by atoms with van der Waals surface area (Å²) in [4.78, 5) is 0. The molecule has 0 amide bonds. The molecular weight excluding hydrogens is 228 g/mol. The fraction of sp³-hybridized carbons (Fsp3) is 0.583. The number of nitrogens with one attached hydrogen (secondary N) is 1. The first-order valence-electron chi connectivity index (χ1n) is 6.19. The van der Waals surface area contributed by atoms with Gasteiger partial charge in [-0.25, -0.2) is 0 Å². The van der Waals surface area contributed by atoms with Crippen molar-refractivity contribution in [2.75, 3.05) is 7.05 Å². The number of nitrogens with zero attached hydrogens (tertiary/aromatic N) is 5. The second kappa shape index (κ2) is 4.89. The zero-order valence-electron chi connectivity index (χ0n) is 11.5. The maximum Gasteiger partial charge on any atom is 0.177 e. The average Bonchev–Trinajstić information content (AvgIpc) is 2.94. The van der Waals surface area contributed by atoms with Gasteiger partial charge in [0, 0.05) is 18.3 Å². The third-order valence-electron chi connectivity index (χ3n) is 3.11. The Morgan fingerprint density at radius 1 is 1.28 bits per heavy atom. The molecule has 2 heterocycles. The van der Waals surface area contributed by atoms with E-state index in [1.807, 2.05) is 30.9 Å². The van der Waals surface area contributed by atoms with E-state index in [4.69, 9.17) is 0 Å². The van der Waals surface area contributed by atoms with Gasteiger partial charge in [0.1, 0.15) is 5.69 Å². The summed E-state index contributed by atoms with van der Waals surface area (Å²) in [5.74, 6) is 0.809. The molecule has 1 N–H and O–H groups in total. The molecule has 6 nitrogen and oxygen atoms in total. The maximum absolute atomic E-state index is 4.50. The average molecular weight is 248 g/mol. The Hall–Kier alpha value is -1.69. The van der Waals surface area contributed by atoms with Crippen LogP contribution in [0.25, 0.3) is 5.82 Å². The smallest absolute Gasteiger partial charge is 0.177 e. The second-order valence-corrected chi connectivity index (χ2v) is 4.73. The zero-order valence-corrected chi connectivity index (χ0v) is 11.5. The van der Waals surface area contributed by atoms with Crippen molar-refractivity contribution in [3.8, 4) is 5.82 Å². The highest BCUT2D eigenvalue weighted by Gasteiger charge is 2.16. The number of hydrogen-bond acceptors (Lipinski definition) is 4. The monoisotopic (exact) mass is 248 g/mol. The number of rotatable bonds is 4. The molecule has 0 aliphatic rings. The van der Waals surface area contributed by atoms with E-state index >= 15 is 0 Å². The predicted molar refractivity (Wildman–Crippen MR) is 69.7 cm³/mol. The first-order valence-corrected chi connectivity index (χ1v) is 6.19. The highest BCUT2D eigenvalue weighted by Crippen LogP contribution is 2.16. The molecule has 0 aliphatic carbocycles. The Morgan fingerprint density at radius 2 is 2.00 bits per heavy atom. The van der Waals surface area contributed by atoms with Gasteiger partial charge in [-0.2, -0.15) is 9.78 Å². The number of hydrogen-bond donors (Lipinski definition) is 1. The van der Waals surface area contributed by atoms with Crippen molar-refractivity contribution in [2.24, 2.45) is 0 Å². The normalized spacial score (nSPS) is 13.2. The Bertz CT molecular complexity index is 524. The molecule has 18 heavy (non-hydrogen) atoms. The summed E-state index contributed by atoms with van der Waals surface area (Å²) in [6, 6.07) is 2.49. The molecule has 0 saturated carbocycles. The van der Waals surface area contributed by atoms with Crippen LogP contribution in [0.2, 0.25) is 0 Å². The van der Waals surface area contributed by atoms with Crippen LogP contribution in [0.1, 0.15) is 44.2 Å². The van der Waals surface area contributed by atoms with Gasteiger partial charge >= 0.3 is 0 Å². The Morgan fingerprint density at radius 3 is 2.56 bits per heavy atom. The van der Waals surface area contributed by atoms with Crippen LogP contribution in [0.3, 0.4) is 0 Å². The van der Waals surface area contributed by atoms with Crippen LogP contribution < -0.4 is 5.32 Å². The van der Waals surface area contributed by atoms with Crippen molar-refractivity contribution in [1.29, 1.82) is 0 Å². The Labute approximate surface area is 107 Å². The van der Waals surface area contributed by atoms with Gasteiger partial charge in [0.2, 0.25) is 0 Å². The topological polar surface area (TPSA) is 60.6 Å². The lowest BCUT2D eigenvalue weighted by molar-refractivity contribution is 0.526. The van der Waals surface area contributed by atoms with E-state index in [0.717, 1.165) is 17.2 Å². The van der Waals surface area contributed by atoms with Gasteiger partial charge in [-0.15, -0.1) is 5.10 Å². The van der Waals surface area contributed by atoms with E-state index in [1.54, 1.807) is 4.68 Å². The lowest BCUT2D eigenvalue weighted by Crippen LogP contribution is -2.14. The molecule has 6 heteroatoms. The largest absolute Gasteiger partial charge is 0.312 e. The molecule has 1 unspecified atom stereocenters. The SMILES string of the molecule is CNC(C)c1nnn(-c2ccn(C(C)C)n2)c1C. The third kappa shape index (κ3) is 2.15. The van der Waals surface area contributed by atoms with Crippen molar-refractivity contribution in [3.63, 3.8) is 0 Å². The Balaban J connectivity index is 2.36.